The minimum Gasteiger partial charge on any atom is -0.380 e. The van der Waals surface area contributed by atoms with Gasteiger partial charge in [0.1, 0.15) is 4.83 Å². The van der Waals surface area contributed by atoms with E-state index >= 15 is 0 Å². The Bertz CT molecular complexity index is 1190. The van der Waals surface area contributed by atoms with Crippen LogP contribution in [0.15, 0.2) is 14.6 Å². The molecule has 0 saturated carbocycles. The minimum absolute atomic E-state index is 0.0736. The number of aryl methyl sites for hydroxylation is 2. The van der Waals surface area contributed by atoms with Crippen LogP contribution in [0.3, 0.4) is 0 Å². The third-order valence-electron chi connectivity index (χ3n) is 5.29. The van der Waals surface area contributed by atoms with Gasteiger partial charge in [0.25, 0.3) is 5.56 Å². The van der Waals surface area contributed by atoms with Crippen molar-refractivity contribution in [2.45, 2.75) is 52.2 Å². The van der Waals surface area contributed by atoms with E-state index < -0.39 is 36.5 Å². The quantitative estimate of drug-likeness (QED) is 0.487. The van der Waals surface area contributed by atoms with Crippen LogP contribution in [0.1, 0.15) is 23.8 Å². The summed E-state index contributed by atoms with van der Waals surface area (Å²) >= 11 is 1.11. The number of nitriles is 1. The molecule has 0 radical (unpaired) electrons. The van der Waals surface area contributed by atoms with Gasteiger partial charge in [0, 0.05) is 25.1 Å². The number of ether oxygens (including phenoxy) is 1. The summed E-state index contributed by atoms with van der Waals surface area (Å²) in [5.41, 5.74) is -0.751. The van der Waals surface area contributed by atoms with Gasteiger partial charge in [-0.25, -0.2) is 4.79 Å². The van der Waals surface area contributed by atoms with E-state index in [0.29, 0.717) is 36.0 Å². The van der Waals surface area contributed by atoms with Crippen LogP contribution in [-0.4, -0.2) is 52.5 Å². The Labute approximate surface area is 185 Å². The zero-order valence-electron chi connectivity index (χ0n) is 17.8. The van der Waals surface area contributed by atoms with E-state index in [-0.39, 0.29) is 16.8 Å². The van der Waals surface area contributed by atoms with Crippen molar-refractivity contribution in [3.63, 3.8) is 0 Å². The molecule has 1 unspecified atom stereocenters. The van der Waals surface area contributed by atoms with Crippen LogP contribution in [-0.2, 0) is 24.4 Å². The molecule has 174 valence electrons. The highest BCUT2D eigenvalue weighted by atomic mass is 32.1. The second-order valence-electron chi connectivity index (χ2n) is 7.46. The largest absolute Gasteiger partial charge is 0.390 e. The zero-order chi connectivity index (χ0) is 23.6. The fourth-order valence-corrected chi connectivity index (χ4v) is 4.83. The van der Waals surface area contributed by atoms with Crippen molar-refractivity contribution in [1.29, 1.82) is 5.26 Å². The Kier molecular flexibility index (Phi) is 6.94. The second-order valence-corrected chi connectivity index (χ2v) is 8.54. The fourth-order valence-electron chi connectivity index (χ4n) is 3.50. The minimum atomic E-state index is -4.45. The summed E-state index contributed by atoms with van der Waals surface area (Å²) in [7, 11) is 1.43. The van der Waals surface area contributed by atoms with Gasteiger partial charge in [-0.3, -0.25) is 24.2 Å². The molecular formula is C19H23F3N6O3S. The van der Waals surface area contributed by atoms with E-state index in [1.165, 1.54) is 7.11 Å². The van der Waals surface area contributed by atoms with Gasteiger partial charge in [-0.1, -0.05) is 0 Å². The maximum Gasteiger partial charge on any atom is 0.390 e. The number of nitrogens with one attached hydrogen (secondary N) is 1. The Balaban J connectivity index is 2.13. The Morgan fingerprint density at radius 1 is 1.34 bits per heavy atom. The number of hydrogen-bond donors (Lipinski definition) is 1. The lowest BCUT2D eigenvalue weighted by Crippen LogP contribution is -2.42. The molecule has 0 bridgehead atoms. The summed E-state index contributed by atoms with van der Waals surface area (Å²) < 4.78 is 45.9. The number of nitrogens with zero attached hydrogens (tertiary/aromatic N) is 5. The topological polar surface area (TPSA) is 105 Å². The highest BCUT2D eigenvalue weighted by Crippen LogP contribution is 2.30. The second kappa shape index (κ2) is 9.33. The van der Waals surface area contributed by atoms with E-state index in [0.717, 1.165) is 20.5 Å². The van der Waals surface area contributed by atoms with Crippen molar-refractivity contribution < 1.29 is 17.9 Å². The van der Waals surface area contributed by atoms with Gasteiger partial charge < -0.3 is 9.64 Å². The first-order valence-electron chi connectivity index (χ1n) is 9.87. The SMILES string of the molecule is COC(C)Cn1c(=O)c2c(C)c(CN3CCN=C3NC#N)sc2n(CCC(F)(F)F)c1=O. The zero-order valence-corrected chi connectivity index (χ0v) is 18.6. The van der Waals surface area contributed by atoms with Crippen molar-refractivity contribution in [2.75, 3.05) is 20.2 Å². The lowest BCUT2D eigenvalue weighted by Gasteiger charge is -2.18. The van der Waals surface area contributed by atoms with E-state index in [1.54, 1.807) is 13.8 Å². The van der Waals surface area contributed by atoms with Crippen molar-refractivity contribution in [2.24, 2.45) is 4.99 Å². The van der Waals surface area contributed by atoms with Gasteiger partial charge in [0.15, 0.2) is 6.19 Å². The molecule has 0 aromatic carbocycles. The molecule has 0 fully saturated rings. The Hall–Kier alpha value is -2.85. The molecule has 0 aliphatic carbocycles. The monoisotopic (exact) mass is 472 g/mol. The number of alkyl halides is 3. The molecule has 1 aliphatic heterocycles. The average molecular weight is 472 g/mol. The van der Waals surface area contributed by atoms with Crippen molar-refractivity contribution in [3.05, 3.63) is 31.3 Å². The highest BCUT2D eigenvalue weighted by Gasteiger charge is 2.29. The van der Waals surface area contributed by atoms with Crippen LogP contribution in [0, 0.1) is 18.4 Å². The molecule has 0 saturated heterocycles. The number of aliphatic imine (C=N–C) groups is 1. The number of halogens is 3. The molecule has 32 heavy (non-hydrogen) atoms. The molecule has 1 atom stereocenters. The van der Waals surface area contributed by atoms with Crippen molar-refractivity contribution >= 4 is 27.5 Å². The van der Waals surface area contributed by atoms with Crippen molar-refractivity contribution in [3.8, 4) is 6.19 Å². The molecule has 2 aromatic heterocycles. The molecule has 2 aromatic rings. The number of fused-ring (bicyclic) bond motifs is 1. The van der Waals surface area contributed by atoms with Crippen LogP contribution in [0.25, 0.3) is 10.2 Å². The maximum absolute atomic E-state index is 13.2. The molecule has 9 nitrogen and oxygen atoms in total. The molecule has 3 heterocycles. The molecule has 3 rings (SSSR count). The summed E-state index contributed by atoms with van der Waals surface area (Å²) in [5.74, 6) is 0.394. The van der Waals surface area contributed by atoms with Crippen LogP contribution < -0.4 is 16.6 Å². The van der Waals surface area contributed by atoms with E-state index in [1.807, 2.05) is 11.1 Å². The van der Waals surface area contributed by atoms with Gasteiger partial charge in [0.05, 0.1) is 37.5 Å². The molecular weight excluding hydrogens is 449 g/mol. The van der Waals surface area contributed by atoms with E-state index in [4.69, 9.17) is 10.00 Å². The van der Waals surface area contributed by atoms with Gasteiger partial charge >= 0.3 is 11.9 Å². The summed E-state index contributed by atoms with van der Waals surface area (Å²) in [6, 6.07) is 0. The smallest absolute Gasteiger partial charge is 0.380 e. The normalized spacial score (nSPS) is 15.2. The summed E-state index contributed by atoms with van der Waals surface area (Å²) in [6.07, 6.45) is -4.31. The lowest BCUT2D eigenvalue weighted by molar-refractivity contribution is -0.136. The van der Waals surface area contributed by atoms with E-state index in [9.17, 15) is 22.8 Å². The molecule has 0 amide bonds. The van der Waals surface area contributed by atoms with Gasteiger partial charge in [-0.05, 0) is 19.4 Å². The Morgan fingerprint density at radius 3 is 2.69 bits per heavy atom. The molecule has 0 spiro atoms. The third-order valence-corrected chi connectivity index (χ3v) is 6.59. The molecule has 1 aliphatic rings. The summed E-state index contributed by atoms with van der Waals surface area (Å²) in [4.78, 5) is 33.1. The van der Waals surface area contributed by atoms with Crippen LogP contribution in [0.2, 0.25) is 0 Å². The Morgan fingerprint density at radius 2 is 2.06 bits per heavy atom. The van der Waals surface area contributed by atoms with Gasteiger partial charge in [-0.15, -0.1) is 11.3 Å². The number of thiophene rings is 1. The molecule has 1 N–H and O–H groups in total. The number of hydrogen-bond acceptors (Lipinski definition) is 8. The standard InChI is InChI=1S/C19H23F3N6O3S/c1-11(31-3)8-28-15(29)14-12(2)13(9-26-7-5-24-17(26)25-10-23)32-16(14)27(18(28)30)6-4-19(20,21)22/h11H,4-9H2,1-3H3,(H,24,25). The predicted molar refractivity (Wildman–Crippen MR) is 114 cm³/mol. The van der Waals surface area contributed by atoms with Crippen LogP contribution in [0.5, 0.6) is 0 Å². The first kappa shape index (κ1) is 23.8. The number of aromatic nitrogens is 2. The predicted octanol–water partition coefficient (Wildman–Crippen LogP) is 1.76. The maximum atomic E-state index is 13.2. The molecule has 13 heteroatoms. The van der Waals surface area contributed by atoms with Crippen LogP contribution >= 0.6 is 11.3 Å². The number of methoxy groups -OCH3 is 1. The first-order valence-corrected chi connectivity index (χ1v) is 10.7. The number of rotatable bonds is 7. The third kappa shape index (κ3) is 4.81. The first-order chi connectivity index (χ1) is 15.1. The lowest BCUT2D eigenvalue weighted by atomic mass is 10.2. The fraction of sp³-hybridized carbons (Fsp3) is 0.579. The number of guanidine groups is 1. The summed E-state index contributed by atoms with van der Waals surface area (Å²) in [6.45, 7) is 4.06. The van der Waals surface area contributed by atoms with Gasteiger partial charge in [0.2, 0.25) is 5.96 Å². The van der Waals surface area contributed by atoms with Crippen LogP contribution in [0.4, 0.5) is 13.2 Å². The average Bonchev–Trinajstić information content (AvgIpc) is 3.29. The van der Waals surface area contributed by atoms with E-state index in [2.05, 4.69) is 10.3 Å². The summed E-state index contributed by atoms with van der Waals surface area (Å²) in [5, 5.41) is 11.6. The van der Waals surface area contributed by atoms with Gasteiger partial charge in [-0.2, -0.15) is 18.4 Å². The highest BCUT2D eigenvalue weighted by molar-refractivity contribution is 7.18. The van der Waals surface area contributed by atoms with Crippen molar-refractivity contribution in [1.82, 2.24) is 19.4 Å².